The fourth-order valence-electron chi connectivity index (χ4n) is 1.20. The minimum atomic E-state index is 0.172. The van der Waals surface area contributed by atoms with Crippen LogP contribution >= 0.6 is 0 Å². The first-order valence-electron chi connectivity index (χ1n) is 4.24. The zero-order valence-corrected chi connectivity index (χ0v) is 7.92. The Morgan fingerprint density at radius 1 is 1.38 bits per heavy atom. The van der Waals surface area contributed by atoms with Crippen molar-refractivity contribution in [2.75, 3.05) is 0 Å². The molecule has 0 saturated heterocycles. The van der Waals surface area contributed by atoms with Crippen molar-refractivity contribution in [2.24, 2.45) is 0 Å². The van der Waals surface area contributed by atoms with E-state index >= 15 is 0 Å². The Morgan fingerprint density at radius 3 is 2.69 bits per heavy atom. The van der Waals surface area contributed by atoms with Crippen LogP contribution in [-0.4, -0.2) is 5.78 Å². The third-order valence-corrected chi connectivity index (χ3v) is 1.72. The van der Waals surface area contributed by atoms with Crippen LogP contribution in [-0.2, 0) is 11.2 Å². The second-order valence-electron chi connectivity index (χ2n) is 2.91. The standard InChI is InChI=1S/C12H12O/c1-3-6-11-7-4-5-8-12(11)9-10(2)13/h4-5,7-8H,9H2,1-2H3. The number of carbonyl (C=O) groups excluding carboxylic acids is 1. The second kappa shape index (κ2) is 4.47. The van der Waals surface area contributed by atoms with Crippen molar-refractivity contribution in [3.05, 3.63) is 35.4 Å². The van der Waals surface area contributed by atoms with Crippen LogP contribution in [0.1, 0.15) is 25.0 Å². The third kappa shape index (κ3) is 2.76. The van der Waals surface area contributed by atoms with Crippen molar-refractivity contribution < 1.29 is 4.79 Å². The summed E-state index contributed by atoms with van der Waals surface area (Å²) in [7, 11) is 0. The topological polar surface area (TPSA) is 17.1 Å². The monoisotopic (exact) mass is 172 g/mol. The van der Waals surface area contributed by atoms with Crippen molar-refractivity contribution >= 4 is 5.78 Å². The molecule has 0 aliphatic carbocycles. The molecule has 0 amide bonds. The summed E-state index contributed by atoms with van der Waals surface area (Å²) in [6.07, 6.45) is 0.477. The number of hydrogen-bond acceptors (Lipinski definition) is 1. The molecule has 1 nitrogen and oxygen atoms in total. The van der Waals surface area contributed by atoms with Gasteiger partial charge in [-0.05, 0) is 25.5 Å². The van der Waals surface area contributed by atoms with Gasteiger partial charge in [0.25, 0.3) is 0 Å². The molecule has 0 bridgehead atoms. The van der Waals surface area contributed by atoms with Crippen LogP contribution in [0.3, 0.4) is 0 Å². The van der Waals surface area contributed by atoms with Gasteiger partial charge in [0, 0.05) is 12.0 Å². The Bertz CT molecular complexity index is 366. The van der Waals surface area contributed by atoms with E-state index in [0.29, 0.717) is 6.42 Å². The molecule has 0 radical (unpaired) electrons. The average Bonchev–Trinajstić information content (AvgIpc) is 2.08. The highest BCUT2D eigenvalue weighted by molar-refractivity contribution is 5.78. The molecule has 0 N–H and O–H groups in total. The van der Waals surface area contributed by atoms with Crippen molar-refractivity contribution in [1.29, 1.82) is 0 Å². The summed E-state index contributed by atoms with van der Waals surface area (Å²) >= 11 is 0. The van der Waals surface area contributed by atoms with Crippen LogP contribution in [0.15, 0.2) is 24.3 Å². The Kier molecular flexibility index (Phi) is 3.28. The molecule has 0 aliphatic rings. The first-order chi connectivity index (χ1) is 6.24. The minimum absolute atomic E-state index is 0.172. The van der Waals surface area contributed by atoms with E-state index in [1.165, 1.54) is 0 Å². The van der Waals surface area contributed by atoms with Crippen LogP contribution < -0.4 is 0 Å². The SMILES string of the molecule is CC#Cc1ccccc1CC(C)=O. The molecular weight excluding hydrogens is 160 g/mol. The fourth-order valence-corrected chi connectivity index (χ4v) is 1.20. The number of benzene rings is 1. The van der Waals surface area contributed by atoms with Crippen LogP contribution in [0.2, 0.25) is 0 Å². The summed E-state index contributed by atoms with van der Waals surface area (Å²) in [4.78, 5) is 10.9. The summed E-state index contributed by atoms with van der Waals surface area (Å²) in [5.74, 6) is 5.99. The van der Waals surface area contributed by atoms with E-state index in [1.54, 1.807) is 13.8 Å². The lowest BCUT2D eigenvalue weighted by Gasteiger charge is -2.00. The zero-order valence-electron chi connectivity index (χ0n) is 7.92. The third-order valence-electron chi connectivity index (χ3n) is 1.72. The maximum Gasteiger partial charge on any atom is 0.134 e. The van der Waals surface area contributed by atoms with Gasteiger partial charge in [0.05, 0.1) is 0 Å². The van der Waals surface area contributed by atoms with Crippen molar-refractivity contribution in [2.45, 2.75) is 20.3 Å². The summed E-state index contributed by atoms with van der Waals surface area (Å²) in [5.41, 5.74) is 1.98. The van der Waals surface area contributed by atoms with Gasteiger partial charge in [0.1, 0.15) is 5.78 Å². The van der Waals surface area contributed by atoms with Crippen LogP contribution in [0.25, 0.3) is 0 Å². The summed E-state index contributed by atoms with van der Waals surface area (Å²) in [6.45, 7) is 3.39. The van der Waals surface area contributed by atoms with Gasteiger partial charge >= 0.3 is 0 Å². The van der Waals surface area contributed by atoms with Gasteiger partial charge in [-0.15, -0.1) is 5.92 Å². The highest BCUT2D eigenvalue weighted by atomic mass is 16.1. The number of hydrogen-bond donors (Lipinski definition) is 0. The van der Waals surface area contributed by atoms with E-state index in [9.17, 15) is 4.79 Å². The molecule has 0 unspecified atom stereocenters. The van der Waals surface area contributed by atoms with Crippen LogP contribution in [0, 0.1) is 11.8 Å². The van der Waals surface area contributed by atoms with Gasteiger partial charge in [-0.2, -0.15) is 0 Å². The Hall–Kier alpha value is -1.55. The molecule has 1 rings (SSSR count). The largest absolute Gasteiger partial charge is 0.300 e. The van der Waals surface area contributed by atoms with Crippen molar-refractivity contribution in [3.63, 3.8) is 0 Å². The minimum Gasteiger partial charge on any atom is -0.300 e. The maximum absolute atomic E-state index is 10.9. The molecule has 0 aliphatic heterocycles. The number of Topliss-reactive ketones (excluding diaryl/α,β-unsaturated/α-hetero) is 1. The van der Waals surface area contributed by atoms with Crippen LogP contribution in [0.4, 0.5) is 0 Å². The Morgan fingerprint density at radius 2 is 2.08 bits per heavy atom. The normalized spacial score (nSPS) is 8.77. The second-order valence-corrected chi connectivity index (χ2v) is 2.91. The van der Waals surface area contributed by atoms with Gasteiger partial charge in [0.15, 0.2) is 0 Å². The number of ketones is 1. The molecule has 1 aromatic rings. The molecule has 13 heavy (non-hydrogen) atoms. The highest BCUT2D eigenvalue weighted by Crippen LogP contribution is 2.08. The fraction of sp³-hybridized carbons (Fsp3) is 0.250. The van der Waals surface area contributed by atoms with E-state index in [4.69, 9.17) is 0 Å². The first-order valence-corrected chi connectivity index (χ1v) is 4.24. The molecule has 1 heteroatoms. The van der Waals surface area contributed by atoms with E-state index in [2.05, 4.69) is 11.8 Å². The van der Waals surface area contributed by atoms with Gasteiger partial charge < -0.3 is 0 Å². The molecule has 0 saturated carbocycles. The van der Waals surface area contributed by atoms with E-state index in [-0.39, 0.29) is 5.78 Å². The molecule has 0 fully saturated rings. The van der Waals surface area contributed by atoms with Gasteiger partial charge in [-0.25, -0.2) is 0 Å². The smallest absolute Gasteiger partial charge is 0.134 e. The summed E-state index contributed by atoms with van der Waals surface area (Å²) < 4.78 is 0. The molecule has 0 heterocycles. The highest BCUT2D eigenvalue weighted by Gasteiger charge is 2.01. The lowest BCUT2D eigenvalue weighted by molar-refractivity contribution is -0.116. The Balaban J connectivity index is 3.02. The Labute approximate surface area is 78.8 Å². The predicted molar refractivity (Wildman–Crippen MR) is 53.4 cm³/mol. The maximum atomic E-state index is 10.9. The van der Waals surface area contributed by atoms with Gasteiger partial charge in [-0.3, -0.25) is 4.79 Å². The average molecular weight is 172 g/mol. The number of carbonyl (C=O) groups is 1. The number of rotatable bonds is 2. The molecule has 0 aromatic heterocycles. The lowest BCUT2D eigenvalue weighted by Crippen LogP contribution is -1.98. The van der Waals surface area contributed by atoms with Gasteiger partial charge in [0.2, 0.25) is 0 Å². The first kappa shape index (κ1) is 9.54. The van der Waals surface area contributed by atoms with E-state index in [0.717, 1.165) is 11.1 Å². The molecule has 0 atom stereocenters. The molecule has 1 aromatic carbocycles. The predicted octanol–water partition coefficient (Wildman–Crippen LogP) is 2.19. The van der Waals surface area contributed by atoms with Gasteiger partial charge in [-0.1, -0.05) is 24.1 Å². The lowest BCUT2D eigenvalue weighted by atomic mass is 10.0. The van der Waals surface area contributed by atoms with Crippen LogP contribution in [0.5, 0.6) is 0 Å². The summed E-state index contributed by atoms with van der Waals surface area (Å²) in [6, 6.07) is 7.75. The molecular formula is C12H12O. The van der Waals surface area contributed by atoms with Crippen molar-refractivity contribution in [1.82, 2.24) is 0 Å². The molecule has 0 spiro atoms. The summed E-state index contributed by atoms with van der Waals surface area (Å²) in [5, 5.41) is 0. The van der Waals surface area contributed by atoms with E-state index < -0.39 is 0 Å². The quantitative estimate of drug-likeness (QED) is 0.625. The van der Waals surface area contributed by atoms with Crippen molar-refractivity contribution in [3.8, 4) is 11.8 Å². The molecule has 66 valence electrons. The van der Waals surface area contributed by atoms with E-state index in [1.807, 2.05) is 24.3 Å². The zero-order chi connectivity index (χ0) is 9.68.